The van der Waals surface area contributed by atoms with Gasteiger partial charge >= 0.3 is 0 Å². The van der Waals surface area contributed by atoms with E-state index in [-0.39, 0.29) is 12.1 Å². The van der Waals surface area contributed by atoms with Crippen molar-refractivity contribution in [1.29, 1.82) is 0 Å². The topological polar surface area (TPSA) is 12.0 Å². The first-order chi connectivity index (χ1) is 9.58. The average Bonchev–Trinajstić information content (AvgIpc) is 2.44. The number of benzene rings is 1. The molecule has 4 heteroatoms. The van der Waals surface area contributed by atoms with E-state index < -0.39 is 11.6 Å². The minimum absolute atomic E-state index is 0.122. The maximum atomic E-state index is 13.8. The van der Waals surface area contributed by atoms with Gasteiger partial charge in [-0.1, -0.05) is 32.6 Å². The summed E-state index contributed by atoms with van der Waals surface area (Å²) in [5, 5.41) is 3.17. The van der Waals surface area contributed by atoms with Gasteiger partial charge in [0.05, 0.1) is 4.47 Å². The van der Waals surface area contributed by atoms with Crippen molar-refractivity contribution in [3.8, 4) is 0 Å². The highest BCUT2D eigenvalue weighted by Crippen LogP contribution is 2.30. The molecule has 112 valence electrons. The highest BCUT2D eigenvalue weighted by Gasteiger charge is 2.18. The molecule has 0 bridgehead atoms. The first-order valence-corrected chi connectivity index (χ1v) is 8.20. The Bertz CT molecular complexity index is 442. The van der Waals surface area contributed by atoms with E-state index in [1.807, 2.05) is 0 Å². The van der Waals surface area contributed by atoms with Crippen LogP contribution in [-0.2, 0) is 6.54 Å². The van der Waals surface area contributed by atoms with Crippen molar-refractivity contribution >= 4 is 15.9 Å². The van der Waals surface area contributed by atoms with Crippen LogP contribution in [0, 0.1) is 23.5 Å². The highest BCUT2D eigenvalue weighted by molar-refractivity contribution is 9.10. The molecule has 0 saturated heterocycles. The Morgan fingerprint density at radius 2 is 1.90 bits per heavy atom. The second kappa shape index (κ2) is 7.51. The standard InChI is InChI=1S/C16H22BrF2N/c1-11-2-4-12(5-3-11)8-9-20-10-13-15(18)7-6-14(17)16(13)19/h6-7,11-12,20H,2-5,8-10H2,1H3. The third kappa shape index (κ3) is 4.26. The monoisotopic (exact) mass is 345 g/mol. The van der Waals surface area contributed by atoms with Crippen molar-refractivity contribution in [3.63, 3.8) is 0 Å². The summed E-state index contributed by atoms with van der Waals surface area (Å²) in [7, 11) is 0. The van der Waals surface area contributed by atoms with Gasteiger partial charge in [-0.3, -0.25) is 0 Å². The molecule has 20 heavy (non-hydrogen) atoms. The predicted octanol–water partition coefficient (Wildman–Crippen LogP) is 5.03. The van der Waals surface area contributed by atoms with Crippen LogP contribution >= 0.6 is 15.9 Å². The van der Waals surface area contributed by atoms with Crippen LogP contribution in [0.3, 0.4) is 0 Å². The summed E-state index contributed by atoms with van der Waals surface area (Å²) < 4.78 is 27.6. The predicted molar refractivity (Wildman–Crippen MR) is 81.5 cm³/mol. The summed E-state index contributed by atoms with van der Waals surface area (Å²) in [6.07, 6.45) is 6.33. The summed E-state index contributed by atoms with van der Waals surface area (Å²) >= 11 is 3.09. The Morgan fingerprint density at radius 3 is 2.60 bits per heavy atom. The van der Waals surface area contributed by atoms with E-state index in [9.17, 15) is 8.78 Å². The van der Waals surface area contributed by atoms with Gasteiger partial charge < -0.3 is 5.32 Å². The number of nitrogens with one attached hydrogen (secondary N) is 1. The number of hydrogen-bond acceptors (Lipinski definition) is 1. The average molecular weight is 346 g/mol. The minimum atomic E-state index is -0.496. The van der Waals surface area contributed by atoms with Crippen molar-refractivity contribution in [3.05, 3.63) is 33.8 Å². The number of halogens is 3. The molecular weight excluding hydrogens is 324 g/mol. The molecule has 1 saturated carbocycles. The van der Waals surface area contributed by atoms with E-state index in [2.05, 4.69) is 28.2 Å². The molecule has 2 rings (SSSR count). The fourth-order valence-electron chi connectivity index (χ4n) is 2.87. The molecule has 1 aromatic rings. The SMILES string of the molecule is CC1CCC(CCNCc2c(F)ccc(Br)c2F)CC1. The maximum absolute atomic E-state index is 13.8. The second-order valence-electron chi connectivity index (χ2n) is 5.91. The Kier molecular flexibility index (Phi) is 5.97. The van der Waals surface area contributed by atoms with Crippen LogP contribution in [0.4, 0.5) is 8.78 Å². The molecule has 0 amide bonds. The summed E-state index contributed by atoms with van der Waals surface area (Å²) in [4.78, 5) is 0. The van der Waals surface area contributed by atoms with E-state index in [0.717, 1.165) is 24.8 Å². The summed E-state index contributed by atoms with van der Waals surface area (Å²) in [5.41, 5.74) is 0.122. The molecule has 0 heterocycles. The third-order valence-corrected chi connectivity index (χ3v) is 4.92. The van der Waals surface area contributed by atoms with Crippen molar-refractivity contribution in [2.24, 2.45) is 11.8 Å². The fraction of sp³-hybridized carbons (Fsp3) is 0.625. The normalized spacial score (nSPS) is 23.0. The van der Waals surface area contributed by atoms with Gasteiger partial charge in [0.2, 0.25) is 0 Å². The van der Waals surface area contributed by atoms with Gasteiger partial charge in [0.25, 0.3) is 0 Å². The van der Waals surface area contributed by atoms with E-state index >= 15 is 0 Å². The molecule has 1 aliphatic carbocycles. The van der Waals surface area contributed by atoms with E-state index in [0.29, 0.717) is 4.47 Å². The second-order valence-corrected chi connectivity index (χ2v) is 6.77. The Balaban J connectivity index is 1.75. The summed E-state index contributed by atoms with van der Waals surface area (Å²) in [5.74, 6) is 0.661. The zero-order valence-electron chi connectivity index (χ0n) is 11.9. The van der Waals surface area contributed by atoms with E-state index in [4.69, 9.17) is 0 Å². The molecule has 0 radical (unpaired) electrons. The van der Waals surface area contributed by atoms with Gasteiger partial charge in [0.1, 0.15) is 11.6 Å². The molecule has 1 nitrogen and oxygen atoms in total. The van der Waals surface area contributed by atoms with Gasteiger partial charge in [-0.25, -0.2) is 8.78 Å². The first-order valence-electron chi connectivity index (χ1n) is 7.41. The molecule has 0 aliphatic heterocycles. The first kappa shape index (κ1) is 15.9. The van der Waals surface area contributed by atoms with Crippen LogP contribution in [0.5, 0.6) is 0 Å². The highest BCUT2D eigenvalue weighted by atomic mass is 79.9. The zero-order valence-corrected chi connectivity index (χ0v) is 13.5. The summed E-state index contributed by atoms with van der Waals surface area (Å²) in [6, 6.07) is 2.70. The lowest BCUT2D eigenvalue weighted by Crippen LogP contribution is -2.21. The molecule has 1 N–H and O–H groups in total. The molecular formula is C16H22BrF2N. The van der Waals surface area contributed by atoms with Crippen molar-refractivity contribution in [1.82, 2.24) is 5.32 Å². The quantitative estimate of drug-likeness (QED) is 0.582. The number of rotatable bonds is 5. The fourth-order valence-corrected chi connectivity index (χ4v) is 3.24. The molecule has 0 unspecified atom stereocenters. The van der Waals surface area contributed by atoms with Crippen LogP contribution in [0.15, 0.2) is 16.6 Å². The minimum Gasteiger partial charge on any atom is -0.312 e. The van der Waals surface area contributed by atoms with Gasteiger partial charge in [-0.2, -0.15) is 0 Å². The van der Waals surface area contributed by atoms with Crippen LogP contribution in [-0.4, -0.2) is 6.54 Å². The maximum Gasteiger partial charge on any atom is 0.144 e. The van der Waals surface area contributed by atoms with Gasteiger partial charge in [-0.15, -0.1) is 0 Å². The molecule has 0 atom stereocenters. The molecule has 0 spiro atoms. The van der Waals surface area contributed by atoms with Gasteiger partial charge in [-0.05, 0) is 52.9 Å². The van der Waals surface area contributed by atoms with Crippen LogP contribution in [0.25, 0.3) is 0 Å². The Morgan fingerprint density at radius 1 is 1.20 bits per heavy atom. The molecule has 0 aromatic heterocycles. The van der Waals surface area contributed by atoms with Crippen molar-refractivity contribution in [2.45, 2.75) is 45.6 Å². The van der Waals surface area contributed by atoms with Crippen molar-refractivity contribution < 1.29 is 8.78 Å². The Labute approximate surface area is 128 Å². The van der Waals surface area contributed by atoms with Crippen LogP contribution in [0.2, 0.25) is 0 Å². The molecule has 1 aliphatic rings. The van der Waals surface area contributed by atoms with E-state index in [1.165, 1.54) is 37.8 Å². The lowest BCUT2D eigenvalue weighted by molar-refractivity contribution is 0.275. The van der Waals surface area contributed by atoms with Crippen LogP contribution < -0.4 is 5.32 Å². The lowest BCUT2D eigenvalue weighted by atomic mass is 9.81. The van der Waals surface area contributed by atoms with E-state index in [1.54, 1.807) is 0 Å². The van der Waals surface area contributed by atoms with Crippen molar-refractivity contribution in [2.75, 3.05) is 6.54 Å². The summed E-state index contributed by atoms with van der Waals surface area (Å²) in [6.45, 7) is 3.39. The number of hydrogen-bond donors (Lipinski definition) is 1. The lowest BCUT2D eigenvalue weighted by Gasteiger charge is -2.26. The van der Waals surface area contributed by atoms with Crippen LogP contribution in [0.1, 0.15) is 44.6 Å². The third-order valence-electron chi connectivity index (χ3n) is 4.31. The van der Waals surface area contributed by atoms with Gasteiger partial charge in [0, 0.05) is 12.1 Å². The largest absolute Gasteiger partial charge is 0.312 e. The zero-order chi connectivity index (χ0) is 14.5. The Hall–Kier alpha value is -0.480. The molecule has 1 fully saturated rings. The van der Waals surface area contributed by atoms with Gasteiger partial charge in [0.15, 0.2) is 0 Å². The smallest absolute Gasteiger partial charge is 0.144 e. The molecule has 1 aromatic carbocycles.